The standard InChI is InChI=1S/C13H15N3S/c1-17-12-4-2-11(3-5-12)16-9-15-8-13(16)10-6-14-7-10/h2-5,8-10,14H,6-7H2,1H3. The van der Waals surface area contributed by atoms with Crippen molar-refractivity contribution in [2.45, 2.75) is 10.8 Å². The topological polar surface area (TPSA) is 29.9 Å². The lowest BCUT2D eigenvalue weighted by atomic mass is 10.00. The number of rotatable bonds is 3. The molecule has 4 heteroatoms. The fourth-order valence-corrected chi connectivity index (χ4v) is 2.47. The van der Waals surface area contributed by atoms with Gasteiger partial charge in [0.15, 0.2) is 0 Å². The second-order valence-corrected chi connectivity index (χ2v) is 5.12. The van der Waals surface area contributed by atoms with Gasteiger partial charge in [0.05, 0.1) is 6.33 Å². The summed E-state index contributed by atoms with van der Waals surface area (Å²) >= 11 is 1.77. The molecule has 17 heavy (non-hydrogen) atoms. The van der Waals surface area contributed by atoms with Gasteiger partial charge in [-0.3, -0.25) is 0 Å². The lowest BCUT2D eigenvalue weighted by molar-refractivity contribution is 0.435. The summed E-state index contributed by atoms with van der Waals surface area (Å²) < 4.78 is 2.19. The number of aromatic nitrogens is 2. The van der Waals surface area contributed by atoms with Gasteiger partial charge in [0.1, 0.15) is 0 Å². The first-order valence-electron chi connectivity index (χ1n) is 5.76. The number of imidazole rings is 1. The van der Waals surface area contributed by atoms with Gasteiger partial charge in [-0.15, -0.1) is 11.8 Å². The minimum atomic E-state index is 0.609. The zero-order chi connectivity index (χ0) is 11.7. The van der Waals surface area contributed by atoms with Crippen molar-refractivity contribution in [3.8, 4) is 5.69 Å². The minimum absolute atomic E-state index is 0.609. The Morgan fingerprint density at radius 2 is 2.06 bits per heavy atom. The Morgan fingerprint density at radius 1 is 1.29 bits per heavy atom. The Morgan fingerprint density at radius 3 is 2.65 bits per heavy atom. The SMILES string of the molecule is CSc1ccc(-n2cncc2C2CNC2)cc1. The molecule has 3 nitrogen and oxygen atoms in total. The summed E-state index contributed by atoms with van der Waals surface area (Å²) in [5, 5.41) is 3.30. The second kappa shape index (κ2) is 4.55. The van der Waals surface area contributed by atoms with Crippen molar-refractivity contribution in [2.75, 3.05) is 19.3 Å². The molecule has 1 aromatic carbocycles. The molecule has 0 saturated carbocycles. The molecule has 1 aliphatic heterocycles. The van der Waals surface area contributed by atoms with Crippen LogP contribution in [0.25, 0.3) is 5.69 Å². The number of thioether (sulfide) groups is 1. The van der Waals surface area contributed by atoms with E-state index in [9.17, 15) is 0 Å². The molecule has 1 aromatic heterocycles. The Labute approximate surface area is 105 Å². The van der Waals surface area contributed by atoms with Gasteiger partial charge in [0.2, 0.25) is 0 Å². The lowest BCUT2D eigenvalue weighted by Gasteiger charge is -2.27. The third-order valence-corrected chi connectivity index (χ3v) is 3.96. The van der Waals surface area contributed by atoms with Crippen molar-refractivity contribution in [3.05, 3.63) is 42.5 Å². The Hall–Kier alpha value is -1.26. The quantitative estimate of drug-likeness (QED) is 0.841. The van der Waals surface area contributed by atoms with E-state index in [0.29, 0.717) is 5.92 Å². The van der Waals surface area contributed by atoms with E-state index in [2.05, 4.69) is 45.4 Å². The summed E-state index contributed by atoms with van der Waals surface area (Å²) in [5.41, 5.74) is 2.50. The summed E-state index contributed by atoms with van der Waals surface area (Å²) in [6, 6.07) is 8.62. The molecule has 0 bridgehead atoms. The third kappa shape index (κ3) is 1.98. The van der Waals surface area contributed by atoms with Gasteiger partial charge in [-0.25, -0.2) is 4.98 Å². The average molecular weight is 245 g/mol. The normalized spacial score (nSPS) is 15.8. The summed E-state index contributed by atoms with van der Waals surface area (Å²) in [6.45, 7) is 2.13. The van der Waals surface area contributed by atoms with Crippen LogP contribution in [0.15, 0.2) is 41.7 Å². The van der Waals surface area contributed by atoms with Gasteiger partial charge in [0, 0.05) is 41.5 Å². The zero-order valence-corrected chi connectivity index (χ0v) is 10.6. The first-order valence-corrected chi connectivity index (χ1v) is 6.98. The van der Waals surface area contributed by atoms with Crippen LogP contribution in [0.2, 0.25) is 0 Å². The predicted molar refractivity (Wildman–Crippen MR) is 71.0 cm³/mol. The number of nitrogens with one attached hydrogen (secondary N) is 1. The van der Waals surface area contributed by atoms with Crippen LogP contribution in [-0.4, -0.2) is 28.9 Å². The van der Waals surface area contributed by atoms with Gasteiger partial charge in [-0.1, -0.05) is 0 Å². The van der Waals surface area contributed by atoms with Crippen LogP contribution in [0.1, 0.15) is 11.6 Å². The van der Waals surface area contributed by atoms with Gasteiger partial charge in [-0.2, -0.15) is 0 Å². The van der Waals surface area contributed by atoms with Crippen LogP contribution >= 0.6 is 11.8 Å². The van der Waals surface area contributed by atoms with Crippen LogP contribution < -0.4 is 5.32 Å². The van der Waals surface area contributed by atoms with Crippen molar-refractivity contribution >= 4 is 11.8 Å². The molecule has 2 heterocycles. The van der Waals surface area contributed by atoms with Gasteiger partial charge < -0.3 is 9.88 Å². The van der Waals surface area contributed by atoms with E-state index >= 15 is 0 Å². The van der Waals surface area contributed by atoms with Gasteiger partial charge >= 0.3 is 0 Å². The van der Waals surface area contributed by atoms with Crippen LogP contribution in [0.3, 0.4) is 0 Å². The molecule has 88 valence electrons. The maximum absolute atomic E-state index is 4.27. The number of benzene rings is 1. The first-order chi connectivity index (χ1) is 8.38. The summed E-state index contributed by atoms with van der Waals surface area (Å²) in [5.74, 6) is 0.609. The molecule has 2 aromatic rings. The van der Waals surface area contributed by atoms with Crippen molar-refractivity contribution in [2.24, 2.45) is 0 Å². The summed E-state index contributed by atoms with van der Waals surface area (Å²) in [7, 11) is 0. The van der Waals surface area contributed by atoms with Crippen LogP contribution in [0.4, 0.5) is 0 Å². The van der Waals surface area contributed by atoms with Crippen molar-refractivity contribution in [1.29, 1.82) is 0 Å². The first kappa shape index (κ1) is 10.9. The predicted octanol–water partition coefficient (Wildman–Crippen LogP) is 2.28. The average Bonchev–Trinajstić information content (AvgIpc) is 2.76. The van der Waals surface area contributed by atoms with Gasteiger partial charge in [0.25, 0.3) is 0 Å². The highest BCUT2D eigenvalue weighted by Crippen LogP contribution is 2.24. The Balaban J connectivity index is 1.94. The minimum Gasteiger partial charge on any atom is -0.315 e. The monoisotopic (exact) mass is 245 g/mol. The molecule has 0 spiro atoms. The fraction of sp³-hybridized carbons (Fsp3) is 0.308. The van der Waals surface area contributed by atoms with E-state index in [0.717, 1.165) is 13.1 Å². The molecular weight excluding hydrogens is 230 g/mol. The molecule has 1 aliphatic rings. The lowest BCUT2D eigenvalue weighted by Crippen LogP contribution is -2.40. The van der Waals surface area contributed by atoms with Crippen LogP contribution in [0, 0.1) is 0 Å². The van der Waals surface area contributed by atoms with E-state index in [4.69, 9.17) is 0 Å². The highest BCUT2D eigenvalue weighted by Gasteiger charge is 2.22. The number of nitrogens with zero attached hydrogens (tertiary/aromatic N) is 2. The maximum Gasteiger partial charge on any atom is 0.0994 e. The Bertz CT molecular complexity index is 500. The molecule has 1 saturated heterocycles. The fourth-order valence-electron chi connectivity index (χ4n) is 2.06. The van der Waals surface area contributed by atoms with Crippen LogP contribution in [-0.2, 0) is 0 Å². The zero-order valence-electron chi connectivity index (χ0n) is 9.76. The summed E-state index contributed by atoms with van der Waals surface area (Å²) in [4.78, 5) is 5.57. The molecule has 0 atom stereocenters. The third-order valence-electron chi connectivity index (χ3n) is 3.22. The molecule has 0 radical (unpaired) electrons. The van der Waals surface area contributed by atoms with Crippen molar-refractivity contribution < 1.29 is 0 Å². The molecule has 1 fully saturated rings. The van der Waals surface area contributed by atoms with Crippen molar-refractivity contribution in [1.82, 2.24) is 14.9 Å². The molecule has 1 N–H and O–H groups in total. The maximum atomic E-state index is 4.27. The summed E-state index contributed by atoms with van der Waals surface area (Å²) in [6.07, 6.45) is 5.98. The molecule has 0 unspecified atom stereocenters. The van der Waals surface area contributed by atoms with Crippen LogP contribution in [0.5, 0.6) is 0 Å². The second-order valence-electron chi connectivity index (χ2n) is 4.24. The molecule has 0 aliphatic carbocycles. The van der Waals surface area contributed by atoms with E-state index in [1.54, 1.807) is 11.8 Å². The van der Waals surface area contributed by atoms with Crippen molar-refractivity contribution in [3.63, 3.8) is 0 Å². The Kier molecular flexibility index (Phi) is 2.91. The number of hydrogen-bond donors (Lipinski definition) is 1. The van der Waals surface area contributed by atoms with E-state index in [1.165, 1.54) is 16.3 Å². The van der Waals surface area contributed by atoms with E-state index in [1.807, 2.05) is 12.5 Å². The molecule has 3 rings (SSSR count). The van der Waals surface area contributed by atoms with E-state index < -0.39 is 0 Å². The van der Waals surface area contributed by atoms with E-state index in [-0.39, 0.29) is 0 Å². The smallest absolute Gasteiger partial charge is 0.0994 e. The number of hydrogen-bond acceptors (Lipinski definition) is 3. The highest BCUT2D eigenvalue weighted by molar-refractivity contribution is 7.98. The largest absolute Gasteiger partial charge is 0.315 e. The molecule has 0 amide bonds. The molecular formula is C13H15N3S. The highest BCUT2D eigenvalue weighted by atomic mass is 32.2. The van der Waals surface area contributed by atoms with Gasteiger partial charge in [-0.05, 0) is 30.5 Å².